The third kappa shape index (κ3) is 2.46. The molecule has 0 aliphatic heterocycles. The maximum atomic E-state index is 11.0. The molecule has 1 aromatic rings. The van der Waals surface area contributed by atoms with Crippen molar-refractivity contribution in [1.82, 2.24) is 0 Å². The summed E-state index contributed by atoms with van der Waals surface area (Å²) in [5, 5.41) is 8.89. The first-order valence-corrected chi connectivity index (χ1v) is 4.34. The molecular weight excluding hydrogens is 224 g/mol. The fourth-order valence-corrected chi connectivity index (χ4v) is 1.11. The molecule has 1 unspecified atom stereocenters. The number of aliphatic hydroxyl groups is 1. The number of carbonyl (C=O) groups is 1. The highest BCUT2D eigenvalue weighted by Crippen LogP contribution is 2.14. The van der Waals surface area contributed by atoms with Gasteiger partial charge in [0.15, 0.2) is 10.5 Å². The van der Waals surface area contributed by atoms with E-state index in [4.69, 9.17) is 9.52 Å². The molecule has 0 spiro atoms. The van der Waals surface area contributed by atoms with E-state index in [1.807, 2.05) is 0 Å². The van der Waals surface area contributed by atoms with Gasteiger partial charge in [-0.2, -0.15) is 0 Å². The molecule has 1 rings (SSSR count). The van der Waals surface area contributed by atoms with Gasteiger partial charge in [0.05, 0.1) is 6.42 Å². The minimum atomic E-state index is -0.922. The lowest BCUT2D eigenvalue weighted by Gasteiger charge is -1.99. The Morgan fingerprint density at radius 1 is 1.75 bits per heavy atom. The number of carbonyl (C=O) groups excluding carboxylic acids is 1. The second-order valence-corrected chi connectivity index (χ2v) is 3.31. The van der Waals surface area contributed by atoms with Crippen molar-refractivity contribution in [3.05, 3.63) is 22.6 Å². The summed E-state index contributed by atoms with van der Waals surface area (Å²) < 4.78 is 5.68. The fourth-order valence-electron chi connectivity index (χ4n) is 0.766. The number of rotatable bonds is 3. The van der Waals surface area contributed by atoms with Gasteiger partial charge in [0.1, 0.15) is 11.9 Å². The molecule has 1 atom stereocenters. The second-order valence-electron chi connectivity index (χ2n) is 2.52. The standard InChI is InChI=1S/C8H9BrO3/c1-5(10)7(11)4-6-2-3-8(9)12-6/h2-3,5,10H,4H2,1H3. The summed E-state index contributed by atoms with van der Waals surface area (Å²) in [7, 11) is 0. The van der Waals surface area contributed by atoms with Gasteiger partial charge in [-0.3, -0.25) is 4.79 Å². The van der Waals surface area contributed by atoms with E-state index in [2.05, 4.69) is 15.9 Å². The Labute approximate surface area is 78.5 Å². The average Bonchev–Trinajstić information content (AvgIpc) is 2.35. The highest BCUT2D eigenvalue weighted by Gasteiger charge is 2.11. The van der Waals surface area contributed by atoms with Crippen molar-refractivity contribution < 1.29 is 14.3 Å². The Bertz CT molecular complexity index is 278. The zero-order chi connectivity index (χ0) is 9.14. The van der Waals surface area contributed by atoms with Crippen LogP contribution in [0.1, 0.15) is 12.7 Å². The molecule has 0 saturated heterocycles. The molecule has 0 bridgehead atoms. The Balaban J connectivity index is 2.58. The van der Waals surface area contributed by atoms with Gasteiger partial charge in [0.2, 0.25) is 0 Å². The number of Topliss-reactive ketones (excluding diaryl/α,β-unsaturated/α-hetero) is 1. The molecular formula is C8H9BrO3. The van der Waals surface area contributed by atoms with Crippen molar-refractivity contribution in [3.8, 4) is 0 Å². The number of hydrogen-bond donors (Lipinski definition) is 1. The predicted octanol–water partition coefficient (Wildman–Crippen LogP) is 1.53. The molecule has 12 heavy (non-hydrogen) atoms. The summed E-state index contributed by atoms with van der Waals surface area (Å²) in [6.07, 6.45) is -0.780. The lowest BCUT2D eigenvalue weighted by atomic mass is 10.1. The highest BCUT2D eigenvalue weighted by molar-refractivity contribution is 9.10. The van der Waals surface area contributed by atoms with E-state index < -0.39 is 6.10 Å². The van der Waals surface area contributed by atoms with Gasteiger partial charge in [-0.1, -0.05) is 0 Å². The van der Waals surface area contributed by atoms with Gasteiger partial charge >= 0.3 is 0 Å². The Hall–Kier alpha value is -0.610. The first kappa shape index (κ1) is 9.48. The SMILES string of the molecule is CC(O)C(=O)Cc1ccc(Br)o1. The summed E-state index contributed by atoms with van der Waals surface area (Å²) in [6.45, 7) is 1.44. The molecule has 0 aliphatic rings. The lowest BCUT2D eigenvalue weighted by molar-refractivity contribution is -0.125. The normalized spacial score (nSPS) is 12.9. The largest absolute Gasteiger partial charge is 0.454 e. The molecule has 0 aromatic carbocycles. The van der Waals surface area contributed by atoms with Crippen molar-refractivity contribution >= 4 is 21.7 Å². The van der Waals surface area contributed by atoms with Crippen molar-refractivity contribution in [1.29, 1.82) is 0 Å². The maximum Gasteiger partial charge on any atom is 0.169 e. The van der Waals surface area contributed by atoms with E-state index in [-0.39, 0.29) is 12.2 Å². The van der Waals surface area contributed by atoms with E-state index in [1.165, 1.54) is 6.92 Å². The van der Waals surface area contributed by atoms with Crippen LogP contribution in [0.25, 0.3) is 0 Å². The monoisotopic (exact) mass is 232 g/mol. The molecule has 66 valence electrons. The Morgan fingerprint density at radius 3 is 2.83 bits per heavy atom. The molecule has 0 aliphatic carbocycles. The molecule has 0 saturated carbocycles. The van der Waals surface area contributed by atoms with Gasteiger partial charge in [-0.05, 0) is 35.0 Å². The van der Waals surface area contributed by atoms with Crippen molar-refractivity contribution in [2.45, 2.75) is 19.4 Å². The van der Waals surface area contributed by atoms with Gasteiger partial charge in [0.25, 0.3) is 0 Å². The van der Waals surface area contributed by atoms with Crippen LogP contribution in [0, 0.1) is 0 Å². The quantitative estimate of drug-likeness (QED) is 0.861. The fraction of sp³-hybridized carbons (Fsp3) is 0.375. The lowest BCUT2D eigenvalue weighted by Crippen LogP contribution is -2.17. The van der Waals surface area contributed by atoms with E-state index in [9.17, 15) is 4.79 Å². The van der Waals surface area contributed by atoms with Crippen LogP contribution in [0.3, 0.4) is 0 Å². The highest BCUT2D eigenvalue weighted by atomic mass is 79.9. The third-order valence-corrected chi connectivity index (χ3v) is 1.87. The zero-order valence-corrected chi connectivity index (χ0v) is 8.17. The number of ketones is 1. The van der Waals surface area contributed by atoms with Crippen LogP contribution in [-0.4, -0.2) is 17.0 Å². The minimum absolute atomic E-state index is 0.142. The van der Waals surface area contributed by atoms with Crippen LogP contribution >= 0.6 is 15.9 Å². The van der Waals surface area contributed by atoms with Gasteiger partial charge < -0.3 is 9.52 Å². The van der Waals surface area contributed by atoms with E-state index in [1.54, 1.807) is 12.1 Å². The van der Waals surface area contributed by atoms with Crippen molar-refractivity contribution in [2.24, 2.45) is 0 Å². The molecule has 0 radical (unpaired) electrons. The molecule has 0 fully saturated rings. The number of hydrogen-bond acceptors (Lipinski definition) is 3. The zero-order valence-electron chi connectivity index (χ0n) is 6.58. The van der Waals surface area contributed by atoms with Crippen LogP contribution in [-0.2, 0) is 11.2 Å². The minimum Gasteiger partial charge on any atom is -0.454 e. The van der Waals surface area contributed by atoms with E-state index in [0.29, 0.717) is 10.4 Å². The van der Waals surface area contributed by atoms with Gasteiger partial charge in [0, 0.05) is 0 Å². The van der Waals surface area contributed by atoms with Gasteiger partial charge in [-0.25, -0.2) is 0 Å². The Kier molecular flexibility index (Phi) is 3.05. The summed E-state index contributed by atoms with van der Waals surface area (Å²) in [5.74, 6) is 0.324. The van der Waals surface area contributed by atoms with Crippen LogP contribution in [0.15, 0.2) is 21.2 Å². The summed E-state index contributed by atoms with van der Waals surface area (Å²) >= 11 is 3.12. The molecule has 4 heteroatoms. The van der Waals surface area contributed by atoms with Crippen LogP contribution in [0.4, 0.5) is 0 Å². The summed E-state index contributed by atoms with van der Waals surface area (Å²) in [4.78, 5) is 11.0. The van der Waals surface area contributed by atoms with Crippen LogP contribution in [0.2, 0.25) is 0 Å². The summed E-state index contributed by atoms with van der Waals surface area (Å²) in [6, 6.07) is 3.41. The van der Waals surface area contributed by atoms with Crippen LogP contribution < -0.4 is 0 Å². The number of aliphatic hydroxyl groups excluding tert-OH is 1. The van der Waals surface area contributed by atoms with Crippen LogP contribution in [0.5, 0.6) is 0 Å². The van der Waals surface area contributed by atoms with E-state index in [0.717, 1.165) is 0 Å². The second kappa shape index (κ2) is 3.87. The topological polar surface area (TPSA) is 50.4 Å². The van der Waals surface area contributed by atoms with Crippen molar-refractivity contribution in [2.75, 3.05) is 0 Å². The molecule has 1 aromatic heterocycles. The Morgan fingerprint density at radius 2 is 2.42 bits per heavy atom. The maximum absolute atomic E-state index is 11.0. The molecule has 3 nitrogen and oxygen atoms in total. The average molecular weight is 233 g/mol. The van der Waals surface area contributed by atoms with Gasteiger partial charge in [-0.15, -0.1) is 0 Å². The first-order chi connectivity index (χ1) is 5.59. The number of halogens is 1. The third-order valence-electron chi connectivity index (χ3n) is 1.44. The smallest absolute Gasteiger partial charge is 0.169 e. The molecule has 1 heterocycles. The summed E-state index contributed by atoms with van der Waals surface area (Å²) in [5.41, 5.74) is 0. The molecule has 1 N–H and O–H groups in total. The predicted molar refractivity (Wildman–Crippen MR) is 46.8 cm³/mol. The van der Waals surface area contributed by atoms with E-state index >= 15 is 0 Å². The first-order valence-electron chi connectivity index (χ1n) is 3.54. The number of furan rings is 1. The molecule has 0 amide bonds. The van der Waals surface area contributed by atoms with Crippen molar-refractivity contribution in [3.63, 3.8) is 0 Å².